The lowest BCUT2D eigenvalue weighted by molar-refractivity contribution is -0.123. The number of benzene rings is 10. The molecule has 10 aromatic rings. The van der Waals surface area contributed by atoms with Gasteiger partial charge in [-0.15, -0.1) is 0 Å². The Balaban J connectivity index is 0.000000208. The van der Waals surface area contributed by atoms with E-state index in [1.54, 1.807) is 132 Å². The van der Waals surface area contributed by atoms with Crippen molar-refractivity contribution >= 4 is 109 Å². The monoisotopic (exact) mass is 1470 g/mol. The van der Waals surface area contributed by atoms with Crippen molar-refractivity contribution in [2.75, 3.05) is 24.2 Å². The number of anilines is 2. The van der Waals surface area contributed by atoms with Crippen LogP contribution in [-0.4, -0.2) is 129 Å². The van der Waals surface area contributed by atoms with Gasteiger partial charge in [0.25, 0.3) is 18.3 Å². The van der Waals surface area contributed by atoms with Gasteiger partial charge in [-0.1, -0.05) is 79.7 Å². The number of rotatable bonds is 14. The first kappa shape index (κ1) is 79.1. The highest BCUT2D eigenvalue weighted by atomic mass is 16.5. The molecule has 10 aromatic carbocycles. The van der Waals surface area contributed by atoms with Crippen molar-refractivity contribution in [3.8, 4) is 103 Å². The molecular weight excluding hydrogens is 1390 g/mol. The molecule has 0 atom stereocenters. The molecule has 2 amide bonds. The Morgan fingerprint density at radius 2 is 0.657 bits per heavy atom. The Bertz CT molecular complexity index is 5390. The Morgan fingerprint density at radius 1 is 0.389 bits per heavy atom. The van der Waals surface area contributed by atoms with Crippen molar-refractivity contribution in [2.45, 2.75) is 127 Å². The minimum atomic E-state index is -0.673. The van der Waals surface area contributed by atoms with Crippen molar-refractivity contribution in [3.63, 3.8) is 0 Å². The smallest absolute Gasteiger partial charge is 0.290 e. The summed E-state index contributed by atoms with van der Waals surface area (Å²) >= 11 is 0. The van der Waals surface area contributed by atoms with Crippen LogP contribution in [-0.2, 0) is 14.4 Å². The number of hydrogen-bond acceptors (Lipinski definition) is 22. The summed E-state index contributed by atoms with van der Waals surface area (Å²) in [5.74, 6) is -6.23. The molecule has 25 heteroatoms. The van der Waals surface area contributed by atoms with Gasteiger partial charge < -0.3 is 75.9 Å². The zero-order valence-electron chi connectivity index (χ0n) is 62.2. The Hall–Kier alpha value is -13.1. The van der Waals surface area contributed by atoms with E-state index in [-0.39, 0.29) is 113 Å². The fourth-order valence-corrected chi connectivity index (χ4v) is 14.4. The summed E-state index contributed by atoms with van der Waals surface area (Å²) in [6.45, 7) is 24.4. The number of phenolic OH excluding ortho intramolecular Hbond substituents is 12. The second-order valence-electron chi connectivity index (χ2n) is 27.5. The molecule has 108 heavy (non-hydrogen) atoms. The largest absolute Gasteiger partial charge is 0.507 e. The summed E-state index contributed by atoms with van der Waals surface area (Å²) in [4.78, 5) is 70.0. The van der Waals surface area contributed by atoms with Gasteiger partial charge in [0, 0.05) is 77.3 Å². The molecule has 0 radical (unpaired) electrons. The first-order valence-electron chi connectivity index (χ1n) is 34.1. The zero-order valence-corrected chi connectivity index (χ0v) is 62.2. The van der Waals surface area contributed by atoms with Crippen LogP contribution in [0.15, 0.2) is 88.6 Å². The molecule has 0 fully saturated rings. The SMILES string of the molecule is COc1ccc(N2N=C(C)/C(=C/c3c(O)c(O)c(C(C)C)c4cc(C)c(-c5c(C)cc6c(C(C)C)c(O)c(O)c(C=O)c6c5O)c(O)c34)C2=O)cc1.COc1ccc(N2N=C(C)CC2=O)cc1.Cc1cc2c(C(C)C)c(O)c(O)c(C=O)c2c(O)c1-c1c(C)cc2c(C(C)C)c(O)c(O)c(C=O)c2c1O.O=CO. The molecule has 2 aliphatic rings. The van der Waals surface area contributed by atoms with Crippen LogP contribution in [0.5, 0.6) is 80.5 Å². The van der Waals surface area contributed by atoms with E-state index in [0.717, 1.165) is 17.1 Å². The van der Waals surface area contributed by atoms with Gasteiger partial charge in [0.15, 0.2) is 64.9 Å². The zero-order chi connectivity index (χ0) is 80.0. The van der Waals surface area contributed by atoms with E-state index < -0.39 is 69.2 Å². The average Bonchev–Trinajstić information content (AvgIpc) is 0.795. The highest BCUT2D eigenvalue weighted by molar-refractivity contribution is 6.33. The number of aromatic hydroxyl groups is 12. The van der Waals surface area contributed by atoms with E-state index in [4.69, 9.17) is 19.4 Å². The number of hydrogen-bond donors (Lipinski definition) is 13. The third-order valence-corrected chi connectivity index (χ3v) is 19.2. The van der Waals surface area contributed by atoms with Gasteiger partial charge in [0.2, 0.25) is 0 Å². The van der Waals surface area contributed by atoms with Crippen molar-refractivity contribution in [1.29, 1.82) is 0 Å². The Kier molecular flexibility index (Phi) is 22.7. The first-order chi connectivity index (χ1) is 51.0. The quantitative estimate of drug-likeness (QED) is 0.0273. The normalized spacial score (nSPS) is 13.1. The number of ether oxygens (including phenoxy) is 2. The van der Waals surface area contributed by atoms with Crippen LogP contribution in [0.1, 0.15) is 180 Å². The molecule has 0 spiro atoms. The number of aryl methyl sites for hydroxylation is 4. The summed E-state index contributed by atoms with van der Waals surface area (Å²) in [7, 11) is 3.14. The molecule has 12 rings (SSSR count). The van der Waals surface area contributed by atoms with E-state index in [1.165, 1.54) is 23.2 Å². The Labute approximate surface area is 620 Å². The summed E-state index contributed by atoms with van der Waals surface area (Å²) in [5.41, 5.74) is 5.41. The lowest BCUT2D eigenvalue weighted by Gasteiger charge is -2.23. The van der Waals surface area contributed by atoms with Crippen molar-refractivity contribution in [1.82, 2.24) is 0 Å². The lowest BCUT2D eigenvalue weighted by atomic mass is 9.83. The molecule has 0 bridgehead atoms. The average molecular weight is 1470 g/mol. The molecule has 0 aromatic heterocycles. The predicted octanol–water partition coefficient (Wildman–Crippen LogP) is 16.3. The van der Waals surface area contributed by atoms with E-state index in [9.17, 15) is 85.3 Å². The van der Waals surface area contributed by atoms with Crippen LogP contribution >= 0.6 is 0 Å². The molecule has 0 unspecified atom stereocenters. The van der Waals surface area contributed by atoms with Gasteiger partial charge >= 0.3 is 0 Å². The van der Waals surface area contributed by atoms with Crippen LogP contribution < -0.4 is 19.5 Å². The number of amides is 2. The highest BCUT2D eigenvalue weighted by Crippen LogP contribution is 2.58. The van der Waals surface area contributed by atoms with Gasteiger partial charge in [-0.3, -0.25) is 28.8 Å². The summed E-state index contributed by atoms with van der Waals surface area (Å²) in [6.07, 6.45) is 2.82. The van der Waals surface area contributed by atoms with Gasteiger partial charge in [-0.25, -0.2) is 5.01 Å². The van der Waals surface area contributed by atoms with Gasteiger partial charge in [0.1, 0.15) is 34.5 Å². The maximum Gasteiger partial charge on any atom is 0.290 e. The molecule has 562 valence electrons. The molecule has 25 nitrogen and oxygen atoms in total. The summed E-state index contributed by atoms with van der Waals surface area (Å²) < 4.78 is 10.3. The second-order valence-corrected chi connectivity index (χ2v) is 27.5. The number of aldehydes is 3. The third kappa shape index (κ3) is 13.5. The predicted molar refractivity (Wildman–Crippen MR) is 414 cm³/mol. The van der Waals surface area contributed by atoms with E-state index >= 15 is 0 Å². The molecule has 2 heterocycles. The number of nitrogens with zero attached hydrogens (tertiary/aromatic N) is 4. The number of carboxylic acid groups (broad SMARTS) is 1. The number of hydrazone groups is 2. The van der Waals surface area contributed by atoms with E-state index in [2.05, 4.69) is 10.2 Å². The fraction of sp³-hybridized carbons (Fsp3) is 0.253. The van der Waals surface area contributed by atoms with Crippen molar-refractivity contribution < 1.29 is 105 Å². The molecule has 2 aliphatic heterocycles. The fourth-order valence-electron chi connectivity index (χ4n) is 14.4. The van der Waals surface area contributed by atoms with Gasteiger partial charge in [-0.2, -0.15) is 15.2 Å². The molecule has 0 aliphatic carbocycles. The maximum absolute atomic E-state index is 13.8. The van der Waals surface area contributed by atoms with Crippen LogP contribution in [0.25, 0.3) is 71.4 Å². The van der Waals surface area contributed by atoms with Gasteiger partial charge in [-0.05, 0) is 164 Å². The number of fused-ring (bicyclic) bond motifs is 4. The van der Waals surface area contributed by atoms with Crippen LogP contribution in [0, 0.1) is 27.7 Å². The van der Waals surface area contributed by atoms with Gasteiger partial charge in [0.05, 0.1) is 60.0 Å². The number of phenols is 12. The number of carbonyl (C=O) groups excluding carboxylic acids is 5. The van der Waals surface area contributed by atoms with E-state index in [1.807, 2.05) is 45.0 Å². The molecule has 13 N–H and O–H groups in total. The summed E-state index contributed by atoms with van der Waals surface area (Å²) in [6, 6.07) is 20.7. The van der Waals surface area contributed by atoms with Crippen LogP contribution in [0.4, 0.5) is 11.4 Å². The summed E-state index contributed by atoms with van der Waals surface area (Å²) in [5, 5.41) is 154. The van der Waals surface area contributed by atoms with Crippen molar-refractivity contribution in [2.24, 2.45) is 10.2 Å². The van der Waals surface area contributed by atoms with Crippen LogP contribution in [0.2, 0.25) is 0 Å². The Morgan fingerprint density at radius 3 is 0.907 bits per heavy atom. The van der Waals surface area contributed by atoms with Crippen LogP contribution in [0.3, 0.4) is 0 Å². The lowest BCUT2D eigenvalue weighted by Crippen LogP contribution is -2.21. The van der Waals surface area contributed by atoms with Crippen molar-refractivity contribution in [3.05, 3.63) is 145 Å². The number of methoxy groups -OCH3 is 2. The molecule has 0 saturated carbocycles. The first-order valence-corrected chi connectivity index (χ1v) is 34.1. The third-order valence-electron chi connectivity index (χ3n) is 19.2. The van der Waals surface area contributed by atoms with E-state index in [0.29, 0.717) is 108 Å². The highest BCUT2D eigenvalue weighted by Gasteiger charge is 2.35. The number of carbonyl (C=O) groups is 6. The molecule has 0 saturated heterocycles. The second kappa shape index (κ2) is 30.9. The molecular formula is C83H84N4O21. The topological polar surface area (TPSA) is 415 Å². The minimum Gasteiger partial charge on any atom is -0.507 e. The minimum absolute atomic E-state index is 0.00512. The standard InChI is InChI=1S/C41H40N2O9.C30H30O8.C11H12N2O2.CH2O2/c1-17(2)29-25-13-19(5)31(32-20(6)14-26-30(18(3)4)40(50)36(46)28(16-44)34(26)38(32)48)37(47)33(25)27(35(45)39(29)49)15-24-21(7)42-43(41(24)51)22-9-11-23(52-8)12-10-22;1-11(2)19-15-7-13(5)21(27(35)23(15)17(9-31)25(33)29(19)37)22-14(6)8-16-20(12(3)4)30(38)26(34)18(10-32)24(16)28(22)36;1-8-7-11(14)13(12-8)9-3-5-10(15-2)6-4-9;2-1-3/h9-18,45-50H,1-8H3;7-12,33-38H,1-6H3;3-6H,7H2,1-2H3;1H,(H,2,3)/b24-15-;;;. The maximum atomic E-state index is 13.8.